The maximum Gasteiger partial charge on any atom is 3.00 e. The number of allylic oxidation sites excluding steroid dienone is 4. The number of hydrogen-bond acceptors (Lipinski definition) is 0. The van der Waals surface area contributed by atoms with E-state index in [-0.39, 0.29) is 51.0 Å². The third kappa shape index (κ3) is 4.44. The van der Waals surface area contributed by atoms with Crippen LogP contribution >= 0.6 is 11.6 Å². The van der Waals surface area contributed by atoms with Crippen molar-refractivity contribution in [1.29, 1.82) is 0 Å². The van der Waals surface area contributed by atoms with Crippen LogP contribution in [-0.2, 0) is 26.2 Å². The summed E-state index contributed by atoms with van der Waals surface area (Å²) in [7, 11) is 0. The Kier molecular flexibility index (Phi) is 8.77. The van der Waals surface area contributed by atoms with Crippen molar-refractivity contribution < 1.29 is 51.0 Å². The summed E-state index contributed by atoms with van der Waals surface area (Å²) in [6.45, 7) is 4.37. The van der Waals surface area contributed by atoms with Crippen LogP contribution < -0.4 is 35.3 Å². The number of rotatable bonds is 2. The Hall–Kier alpha value is -1.37. The molecule has 0 saturated carbocycles. The van der Waals surface area contributed by atoms with E-state index in [1.165, 1.54) is 48.7 Å². The fourth-order valence-corrected chi connectivity index (χ4v) is 4.56. The standard InChI is InChI=1S/C27H20Cl.2ClH.Zr/c1-17(2)19-14-15-22-20-9-4-3-8-18(20)16-25(22)27(19)24-12-7-11-21(24)23-10-5-6-13-26(23)28;;;/h3-11,13-15H,12H2,1-2H3;2*1H;/q-1;;;+3/p-2. The molecule has 0 bridgehead atoms. The first kappa shape index (κ1) is 25.9. The Bertz CT molecular complexity index is 1410. The van der Waals surface area contributed by atoms with Crippen molar-refractivity contribution in [3.8, 4) is 0 Å². The third-order valence-corrected chi connectivity index (χ3v) is 5.95. The van der Waals surface area contributed by atoms with Crippen LogP contribution in [0.4, 0.5) is 0 Å². The maximum absolute atomic E-state index is 6.56. The minimum absolute atomic E-state index is 0. The first-order valence-electron chi connectivity index (χ1n) is 9.64. The summed E-state index contributed by atoms with van der Waals surface area (Å²) in [6, 6.07) is 21.2. The molecule has 3 aromatic rings. The van der Waals surface area contributed by atoms with Crippen LogP contribution in [0.15, 0.2) is 72.8 Å². The second kappa shape index (κ2) is 10.5. The van der Waals surface area contributed by atoms with Crippen molar-refractivity contribution in [3.63, 3.8) is 0 Å². The van der Waals surface area contributed by atoms with Gasteiger partial charge in [-0.25, -0.2) is 0 Å². The van der Waals surface area contributed by atoms with Crippen LogP contribution in [0.1, 0.15) is 37.0 Å². The molecule has 5 rings (SSSR count). The predicted octanol–water partition coefficient (Wildman–Crippen LogP) is -0.287. The Morgan fingerprint density at radius 3 is 2.32 bits per heavy atom. The van der Waals surface area contributed by atoms with E-state index in [0.29, 0.717) is 0 Å². The van der Waals surface area contributed by atoms with Gasteiger partial charge in [-0.1, -0.05) is 94.2 Å². The molecule has 3 aromatic carbocycles. The second-order valence-corrected chi connectivity index (χ2v) is 7.97. The molecule has 0 saturated heterocycles. The molecule has 0 atom stereocenters. The summed E-state index contributed by atoms with van der Waals surface area (Å²) in [5.74, 6) is 0. The van der Waals surface area contributed by atoms with Gasteiger partial charge in [0.05, 0.1) is 0 Å². The summed E-state index contributed by atoms with van der Waals surface area (Å²) in [6.07, 6.45) is 9.06. The maximum atomic E-state index is 6.56. The van der Waals surface area contributed by atoms with Crippen LogP contribution in [0.3, 0.4) is 0 Å². The van der Waals surface area contributed by atoms with E-state index < -0.39 is 0 Å². The molecule has 0 aliphatic heterocycles. The van der Waals surface area contributed by atoms with Crippen molar-refractivity contribution in [2.24, 2.45) is 0 Å². The zero-order valence-corrected chi connectivity index (χ0v) is 22.0. The molecule has 153 valence electrons. The van der Waals surface area contributed by atoms with Gasteiger partial charge in [0.1, 0.15) is 0 Å². The van der Waals surface area contributed by atoms with Crippen molar-refractivity contribution in [1.82, 2.24) is 0 Å². The number of benzene rings is 3. The van der Waals surface area contributed by atoms with E-state index in [9.17, 15) is 0 Å². The smallest absolute Gasteiger partial charge is 1.00 e. The average molecular weight is 542 g/mol. The van der Waals surface area contributed by atoms with Gasteiger partial charge >= 0.3 is 26.2 Å². The minimum Gasteiger partial charge on any atom is -1.00 e. The molecule has 0 nitrogen and oxygen atoms in total. The van der Waals surface area contributed by atoms with Gasteiger partial charge in [0, 0.05) is 5.02 Å². The fraction of sp³-hybridized carbons (Fsp3) is 0.111. The SMILES string of the molecule is CC(C)=c1ccc2c(c1C1=C(c3ccccc3Cl)C=CC1)[C-]=c1ccccc1=2.[Cl-].[Cl-].[Zr+3]. The summed E-state index contributed by atoms with van der Waals surface area (Å²) in [5.41, 5.74) is 7.48. The normalized spacial score (nSPS) is 12.7. The van der Waals surface area contributed by atoms with Gasteiger partial charge in [0.15, 0.2) is 0 Å². The first-order chi connectivity index (χ1) is 13.6. The topological polar surface area (TPSA) is 0 Å². The second-order valence-electron chi connectivity index (χ2n) is 7.56. The van der Waals surface area contributed by atoms with Crippen molar-refractivity contribution >= 4 is 34.4 Å². The van der Waals surface area contributed by atoms with Crippen molar-refractivity contribution in [2.45, 2.75) is 20.3 Å². The van der Waals surface area contributed by atoms with Gasteiger partial charge in [-0.05, 0) is 37.5 Å². The van der Waals surface area contributed by atoms with Gasteiger partial charge < -0.3 is 24.8 Å². The molecular weight excluding hydrogens is 522 g/mol. The number of fused-ring (bicyclic) bond motifs is 2. The summed E-state index contributed by atoms with van der Waals surface area (Å²) < 4.78 is 0. The molecule has 0 aromatic heterocycles. The van der Waals surface area contributed by atoms with Gasteiger partial charge in [-0.2, -0.15) is 0 Å². The Balaban J connectivity index is 0.00000114. The fourth-order valence-electron chi connectivity index (χ4n) is 4.32. The minimum atomic E-state index is 0. The van der Waals surface area contributed by atoms with Crippen LogP contribution in [0.5, 0.6) is 0 Å². The molecule has 0 fully saturated rings. The van der Waals surface area contributed by atoms with Crippen LogP contribution in [0.2, 0.25) is 5.02 Å². The molecule has 31 heavy (non-hydrogen) atoms. The summed E-state index contributed by atoms with van der Waals surface area (Å²) in [5, 5.41) is 5.81. The van der Waals surface area contributed by atoms with Gasteiger partial charge in [0.25, 0.3) is 0 Å². The molecule has 1 radical (unpaired) electrons. The van der Waals surface area contributed by atoms with Crippen molar-refractivity contribution in [3.05, 3.63) is 115 Å². The van der Waals surface area contributed by atoms with E-state index in [4.69, 9.17) is 11.6 Å². The zero-order chi connectivity index (χ0) is 19.3. The van der Waals surface area contributed by atoms with Gasteiger partial charge in [0.2, 0.25) is 0 Å². The van der Waals surface area contributed by atoms with Crippen LogP contribution in [0.25, 0.3) is 22.8 Å². The molecule has 2 aliphatic carbocycles. The van der Waals surface area contributed by atoms with E-state index in [1.807, 2.05) is 12.1 Å². The molecule has 0 amide bonds. The summed E-state index contributed by atoms with van der Waals surface area (Å²) in [4.78, 5) is 0. The van der Waals surface area contributed by atoms with E-state index in [0.717, 1.165) is 17.0 Å². The monoisotopic (exact) mass is 539 g/mol. The van der Waals surface area contributed by atoms with Gasteiger partial charge in [-0.15, -0.1) is 33.4 Å². The predicted molar refractivity (Wildman–Crippen MR) is 119 cm³/mol. The van der Waals surface area contributed by atoms with Gasteiger partial charge in [-0.3, -0.25) is 0 Å². The van der Waals surface area contributed by atoms with E-state index in [2.05, 4.69) is 80.6 Å². The third-order valence-electron chi connectivity index (χ3n) is 5.62. The molecule has 2 aliphatic rings. The first-order valence-corrected chi connectivity index (χ1v) is 10.0. The largest absolute Gasteiger partial charge is 3.00 e. The molecular formula is C27H20Cl3Zr. The Labute approximate surface area is 219 Å². The molecule has 0 N–H and O–H groups in total. The number of hydrogen-bond donors (Lipinski definition) is 0. The molecule has 0 heterocycles. The quantitative estimate of drug-likeness (QED) is 0.306. The Morgan fingerprint density at radius 1 is 0.871 bits per heavy atom. The van der Waals surface area contributed by atoms with E-state index in [1.54, 1.807) is 0 Å². The van der Waals surface area contributed by atoms with E-state index >= 15 is 0 Å². The van der Waals surface area contributed by atoms with Crippen molar-refractivity contribution in [2.75, 3.05) is 0 Å². The van der Waals surface area contributed by atoms with Crippen LogP contribution in [-0.4, -0.2) is 0 Å². The molecule has 0 unspecified atom stereocenters. The summed E-state index contributed by atoms with van der Waals surface area (Å²) >= 11 is 6.56. The molecule has 4 heteroatoms. The number of halogens is 3. The van der Waals surface area contributed by atoms with Crippen LogP contribution in [0, 0.1) is 10.4 Å². The average Bonchev–Trinajstić information content (AvgIpc) is 3.32. The molecule has 0 spiro atoms. The Morgan fingerprint density at radius 2 is 1.58 bits per heavy atom. The zero-order valence-electron chi connectivity index (χ0n) is 17.3.